The zero-order valence-electron chi connectivity index (χ0n) is 10.1. The maximum absolute atomic E-state index is 12.6. The summed E-state index contributed by atoms with van der Waals surface area (Å²) in [4.78, 5) is 9.97. The van der Waals surface area contributed by atoms with Gasteiger partial charge < -0.3 is 10.1 Å². The average Bonchev–Trinajstić information content (AvgIpc) is 2.78. The number of H-pyrrole nitrogens is 1. The quantitative estimate of drug-likeness (QED) is 0.899. The van der Waals surface area contributed by atoms with Crippen LogP contribution in [-0.2, 0) is 12.0 Å². The molecule has 0 fully saturated rings. The Labute approximate surface area is 107 Å². The number of hydrogen-bond acceptors (Lipinski definition) is 3. The Kier molecular flexibility index (Phi) is 3.32. The van der Waals surface area contributed by atoms with Gasteiger partial charge in [-0.1, -0.05) is 0 Å². The standard InChI is InChI=1S/C12H12F3N3O/c1-11(19,12(13,14)15)10-17-7-9(18-10)6-8-2-4-16-5-3-8/h2-5,7,19H,6H2,1H3,(H,17,18). The Morgan fingerprint density at radius 1 is 1.26 bits per heavy atom. The van der Waals surface area contributed by atoms with Crippen LogP contribution in [0.3, 0.4) is 0 Å². The lowest BCUT2D eigenvalue weighted by Gasteiger charge is -2.23. The number of aromatic nitrogens is 3. The summed E-state index contributed by atoms with van der Waals surface area (Å²) in [7, 11) is 0. The predicted octanol–water partition coefficient (Wildman–Crippen LogP) is 2.17. The van der Waals surface area contributed by atoms with Crippen molar-refractivity contribution in [2.45, 2.75) is 25.1 Å². The normalized spacial score (nSPS) is 15.2. The molecule has 102 valence electrons. The van der Waals surface area contributed by atoms with Gasteiger partial charge in [-0.05, 0) is 24.6 Å². The largest absolute Gasteiger partial charge is 0.424 e. The van der Waals surface area contributed by atoms with Crippen molar-refractivity contribution in [1.29, 1.82) is 0 Å². The van der Waals surface area contributed by atoms with Gasteiger partial charge >= 0.3 is 6.18 Å². The number of nitrogens with one attached hydrogen (secondary N) is 1. The average molecular weight is 271 g/mol. The highest BCUT2D eigenvalue weighted by molar-refractivity contribution is 5.19. The third-order valence-electron chi connectivity index (χ3n) is 2.79. The topological polar surface area (TPSA) is 61.8 Å². The number of aliphatic hydroxyl groups is 1. The third kappa shape index (κ3) is 2.76. The summed E-state index contributed by atoms with van der Waals surface area (Å²) in [5, 5.41) is 9.47. The molecule has 1 atom stereocenters. The van der Waals surface area contributed by atoms with E-state index >= 15 is 0 Å². The van der Waals surface area contributed by atoms with Crippen LogP contribution in [0.1, 0.15) is 24.0 Å². The number of rotatable bonds is 3. The van der Waals surface area contributed by atoms with Crippen molar-refractivity contribution in [3.8, 4) is 0 Å². The Hall–Kier alpha value is -1.89. The Morgan fingerprint density at radius 3 is 2.47 bits per heavy atom. The Balaban J connectivity index is 2.20. The van der Waals surface area contributed by atoms with E-state index in [0.29, 0.717) is 19.0 Å². The lowest BCUT2D eigenvalue weighted by Crippen LogP contribution is -2.40. The first-order chi connectivity index (χ1) is 8.80. The molecule has 0 radical (unpaired) electrons. The van der Waals surface area contributed by atoms with Gasteiger partial charge in [-0.25, -0.2) is 4.98 Å². The summed E-state index contributed by atoms with van der Waals surface area (Å²) in [6.07, 6.45) is 0.0925. The van der Waals surface area contributed by atoms with Crippen molar-refractivity contribution in [2.24, 2.45) is 0 Å². The van der Waals surface area contributed by atoms with Crippen LogP contribution in [0.25, 0.3) is 0 Å². The molecule has 2 aromatic heterocycles. The number of imidazole rings is 1. The highest BCUT2D eigenvalue weighted by Crippen LogP contribution is 2.36. The fourth-order valence-electron chi connectivity index (χ4n) is 1.55. The summed E-state index contributed by atoms with van der Waals surface area (Å²) in [6.45, 7) is 0.669. The molecule has 0 aliphatic carbocycles. The van der Waals surface area contributed by atoms with Crippen LogP contribution in [-0.4, -0.2) is 26.2 Å². The summed E-state index contributed by atoms with van der Waals surface area (Å²) in [5.74, 6) is -0.510. The highest BCUT2D eigenvalue weighted by Gasteiger charge is 2.53. The van der Waals surface area contributed by atoms with Crippen LogP contribution in [0, 0.1) is 0 Å². The van der Waals surface area contributed by atoms with Gasteiger partial charge in [0.2, 0.25) is 5.60 Å². The van der Waals surface area contributed by atoms with Crippen LogP contribution in [0.15, 0.2) is 30.7 Å². The number of pyridine rings is 1. The molecule has 0 aliphatic rings. The van der Waals surface area contributed by atoms with Crippen molar-refractivity contribution in [3.05, 3.63) is 47.8 Å². The molecule has 7 heteroatoms. The van der Waals surface area contributed by atoms with Gasteiger partial charge in [0, 0.05) is 30.7 Å². The van der Waals surface area contributed by atoms with E-state index in [1.165, 1.54) is 6.20 Å². The van der Waals surface area contributed by atoms with E-state index in [4.69, 9.17) is 0 Å². The molecule has 0 aromatic carbocycles. The molecule has 2 heterocycles. The van der Waals surface area contributed by atoms with Gasteiger partial charge in [0.15, 0.2) is 0 Å². The lowest BCUT2D eigenvalue weighted by atomic mass is 10.1. The number of nitrogens with zero attached hydrogens (tertiary/aromatic N) is 2. The Morgan fingerprint density at radius 2 is 1.89 bits per heavy atom. The monoisotopic (exact) mass is 271 g/mol. The van der Waals surface area contributed by atoms with E-state index in [9.17, 15) is 18.3 Å². The molecule has 1 unspecified atom stereocenters. The molecule has 0 aliphatic heterocycles. The molecule has 19 heavy (non-hydrogen) atoms. The van der Waals surface area contributed by atoms with Crippen LogP contribution in [0.4, 0.5) is 13.2 Å². The molecule has 0 saturated carbocycles. The molecular weight excluding hydrogens is 259 g/mol. The van der Waals surface area contributed by atoms with E-state index in [0.717, 1.165) is 5.56 Å². The highest BCUT2D eigenvalue weighted by atomic mass is 19.4. The van der Waals surface area contributed by atoms with Crippen molar-refractivity contribution >= 4 is 0 Å². The molecule has 2 rings (SSSR count). The van der Waals surface area contributed by atoms with Gasteiger partial charge in [-0.3, -0.25) is 4.98 Å². The summed E-state index contributed by atoms with van der Waals surface area (Å²) in [6, 6.07) is 3.50. The summed E-state index contributed by atoms with van der Waals surface area (Å²) < 4.78 is 37.9. The minimum Gasteiger partial charge on any atom is -0.374 e. The molecule has 2 aromatic rings. The van der Waals surface area contributed by atoms with Gasteiger partial charge in [-0.2, -0.15) is 13.2 Å². The second-order valence-electron chi connectivity index (χ2n) is 4.36. The fraction of sp³-hybridized carbons (Fsp3) is 0.333. The Bertz CT molecular complexity index is 549. The van der Waals surface area contributed by atoms with Crippen molar-refractivity contribution in [2.75, 3.05) is 0 Å². The maximum atomic E-state index is 12.6. The van der Waals surface area contributed by atoms with E-state index < -0.39 is 17.6 Å². The van der Waals surface area contributed by atoms with Gasteiger partial charge in [-0.15, -0.1) is 0 Å². The van der Waals surface area contributed by atoms with Gasteiger partial charge in [0.25, 0.3) is 0 Å². The fourth-order valence-corrected chi connectivity index (χ4v) is 1.55. The lowest BCUT2D eigenvalue weighted by molar-refractivity contribution is -0.261. The second-order valence-corrected chi connectivity index (χ2v) is 4.36. The minimum atomic E-state index is -4.78. The van der Waals surface area contributed by atoms with E-state index in [1.54, 1.807) is 24.5 Å². The van der Waals surface area contributed by atoms with Crippen LogP contribution in [0.5, 0.6) is 0 Å². The first kappa shape index (κ1) is 13.5. The smallest absolute Gasteiger partial charge is 0.374 e. The first-order valence-electron chi connectivity index (χ1n) is 5.53. The second kappa shape index (κ2) is 4.65. The first-order valence-corrected chi connectivity index (χ1v) is 5.53. The molecule has 0 saturated heterocycles. The third-order valence-corrected chi connectivity index (χ3v) is 2.79. The maximum Gasteiger partial charge on any atom is 0.424 e. The minimum absolute atomic E-state index is 0.392. The van der Waals surface area contributed by atoms with Crippen molar-refractivity contribution in [3.63, 3.8) is 0 Å². The van der Waals surface area contributed by atoms with Gasteiger partial charge in [0.1, 0.15) is 5.82 Å². The molecule has 0 amide bonds. The molecule has 0 spiro atoms. The zero-order chi connectivity index (χ0) is 14.1. The number of halogens is 3. The molecular formula is C12H12F3N3O. The summed E-state index contributed by atoms with van der Waals surface area (Å²) in [5.41, 5.74) is -1.61. The van der Waals surface area contributed by atoms with Crippen LogP contribution in [0.2, 0.25) is 0 Å². The number of alkyl halides is 3. The van der Waals surface area contributed by atoms with Crippen molar-refractivity contribution in [1.82, 2.24) is 15.0 Å². The van der Waals surface area contributed by atoms with E-state index in [2.05, 4.69) is 15.0 Å². The molecule has 4 nitrogen and oxygen atoms in total. The number of hydrogen-bond donors (Lipinski definition) is 2. The van der Waals surface area contributed by atoms with Crippen molar-refractivity contribution < 1.29 is 18.3 Å². The summed E-state index contributed by atoms with van der Waals surface area (Å²) >= 11 is 0. The van der Waals surface area contributed by atoms with E-state index in [1.807, 2.05) is 0 Å². The van der Waals surface area contributed by atoms with E-state index in [-0.39, 0.29) is 0 Å². The zero-order valence-corrected chi connectivity index (χ0v) is 10.1. The van der Waals surface area contributed by atoms with Gasteiger partial charge in [0.05, 0.1) is 0 Å². The SMILES string of the molecule is CC(O)(c1ncc(Cc2ccncc2)[nH]1)C(F)(F)F. The predicted molar refractivity (Wildman–Crippen MR) is 61.3 cm³/mol. The molecule has 0 bridgehead atoms. The number of aromatic amines is 1. The van der Waals surface area contributed by atoms with Crippen LogP contribution < -0.4 is 0 Å². The molecule has 2 N–H and O–H groups in total. The van der Waals surface area contributed by atoms with Crippen LogP contribution >= 0.6 is 0 Å².